The first-order valence-electron chi connectivity index (χ1n) is 17.0. The molecule has 52 heavy (non-hydrogen) atoms. The summed E-state index contributed by atoms with van der Waals surface area (Å²) in [5, 5.41) is 8.59. The van der Waals surface area contributed by atoms with Gasteiger partial charge in [0.25, 0.3) is 0 Å². The summed E-state index contributed by atoms with van der Waals surface area (Å²) in [5.74, 6) is -1.11. The van der Waals surface area contributed by atoms with Crippen molar-refractivity contribution in [3.8, 4) is 0 Å². The van der Waals surface area contributed by atoms with Crippen molar-refractivity contribution in [3.05, 3.63) is 77.3 Å². The minimum atomic E-state index is -0.796. The van der Waals surface area contributed by atoms with Crippen molar-refractivity contribution < 1.29 is 23.5 Å². The molecular weight excluding hydrogens is 712 g/mol. The molecule has 0 aliphatic carbocycles. The number of nitrogens with two attached hydrogens (primary N) is 2. The van der Waals surface area contributed by atoms with Crippen LogP contribution in [0.3, 0.4) is 0 Å². The maximum absolute atomic E-state index is 14.1. The molecular formula is C36H52Cl2FN9O4. The predicted octanol–water partition coefficient (Wildman–Crippen LogP) is 8.08. The van der Waals surface area contributed by atoms with E-state index in [0.29, 0.717) is 30.6 Å². The van der Waals surface area contributed by atoms with Crippen LogP contribution in [0.4, 0.5) is 32.1 Å². The zero-order valence-corrected chi connectivity index (χ0v) is 32.4. The third kappa shape index (κ3) is 15.7. The first-order chi connectivity index (χ1) is 24.6. The van der Waals surface area contributed by atoms with E-state index in [2.05, 4.69) is 43.2 Å². The molecule has 3 aromatic rings. The van der Waals surface area contributed by atoms with E-state index in [4.69, 9.17) is 33.7 Å². The molecule has 3 amide bonds. The molecule has 2 aromatic heterocycles. The highest BCUT2D eigenvalue weighted by molar-refractivity contribution is 6.33. The van der Waals surface area contributed by atoms with E-state index >= 15 is 0 Å². The summed E-state index contributed by atoms with van der Waals surface area (Å²) >= 11 is 11.2. The number of para-hydroxylation sites is 2. The number of rotatable bonds is 9. The van der Waals surface area contributed by atoms with Crippen molar-refractivity contribution >= 4 is 64.0 Å². The molecule has 1 aliphatic heterocycles. The second-order valence-corrected chi connectivity index (χ2v) is 12.7. The van der Waals surface area contributed by atoms with Crippen LogP contribution in [0.15, 0.2) is 60.7 Å². The Kier molecular flexibility index (Phi) is 20.0. The van der Waals surface area contributed by atoms with Crippen molar-refractivity contribution in [2.45, 2.75) is 105 Å². The van der Waals surface area contributed by atoms with Gasteiger partial charge in [-0.15, -0.1) is 0 Å². The van der Waals surface area contributed by atoms with Gasteiger partial charge in [0.05, 0.1) is 28.8 Å². The summed E-state index contributed by atoms with van der Waals surface area (Å²) in [7, 11) is 0. The van der Waals surface area contributed by atoms with Crippen LogP contribution in [-0.4, -0.2) is 55.4 Å². The topological polar surface area (TPSA) is 190 Å². The lowest BCUT2D eigenvalue weighted by atomic mass is 9.91. The number of hydrogen-bond acceptors (Lipinski definition) is 10. The molecule has 1 fully saturated rings. The highest BCUT2D eigenvalue weighted by atomic mass is 35.5. The molecule has 0 saturated carbocycles. The van der Waals surface area contributed by atoms with Gasteiger partial charge in [-0.05, 0) is 64.3 Å². The van der Waals surface area contributed by atoms with Crippen LogP contribution in [0.25, 0.3) is 0 Å². The molecule has 13 nitrogen and oxygen atoms in total. The number of hydrogen-bond donors (Lipinski definition) is 5. The van der Waals surface area contributed by atoms with Crippen LogP contribution in [0.2, 0.25) is 5.15 Å². The number of likely N-dealkylation sites (tertiary alicyclic amines) is 1. The molecule has 2 atom stereocenters. The van der Waals surface area contributed by atoms with Gasteiger partial charge in [-0.3, -0.25) is 14.6 Å². The highest BCUT2D eigenvalue weighted by Gasteiger charge is 2.39. The highest BCUT2D eigenvalue weighted by Crippen LogP contribution is 2.32. The van der Waals surface area contributed by atoms with Crippen molar-refractivity contribution in [3.63, 3.8) is 0 Å². The van der Waals surface area contributed by atoms with E-state index in [0.717, 1.165) is 0 Å². The average Bonchev–Trinajstić information content (AvgIpc) is 3.07. The summed E-state index contributed by atoms with van der Waals surface area (Å²) in [6, 6.07) is 8.58. The van der Waals surface area contributed by atoms with Crippen molar-refractivity contribution in [1.82, 2.24) is 19.9 Å². The number of carbonyl (C=O) groups is 3. The van der Waals surface area contributed by atoms with Crippen molar-refractivity contribution in [2.24, 2.45) is 5.73 Å². The Morgan fingerprint density at radius 3 is 2.12 bits per heavy atom. The Labute approximate surface area is 316 Å². The first kappa shape index (κ1) is 45.3. The summed E-state index contributed by atoms with van der Waals surface area (Å²) in [6.45, 7) is 16.3. The number of piperidine rings is 1. The van der Waals surface area contributed by atoms with E-state index in [1.807, 2.05) is 27.7 Å². The smallest absolute Gasteiger partial charge is 0.410 e. The number of pyridine rings is 1. The zero-order valence-electron chi connectivity index (χ0n) is 30.9. The minimum absolute atomic E-state index is 0.0117. The number of halogens is 3. The normalized spacial score (nSPS) is 14.8. The number of carbonyl (C=O) groups excluding carboxylic acids is 3. The molecule has 1 saturated heterocycles. The van der Waals surface area contributed by atoms with Crippen molar-refractivity contribution in [1.29, 1.82) is 0 Å². The maximum atomic E-state index is 14.1. The van der Waals surface area contributed by atoms with Crippen LogP contribution in [-0.2, 0) is 20.9 Å². The van der Waals surface area contributed by atoms with Gasteiger partial charge in [-0.2, -0.15) is 0 Å². The van der Waals surface area contributed by atoms with Gasteiger partial charge >= 0.3 is 6.09 Å². The standard InChI is InChI=1S/C30H36ClFN8O4.C2H4ClN.2C2H6/c1-30(2,3)44-29(43)40-18(14-24(41)38-22-12-5-4-11-21(22)33)8-6-9-19(40)15-25(42)39-26-27(31)36-17-37-28(26)35-16-23-20(32)10-7-13-34-23;1-2(3)4;2*1-2/h4-5,7,10-13,17-19H,6,8-9,14-16,33H2,1-3H3,(H,38,41)(H,39,42)(H,35,36,37);1,4H2;2*1-2H3. The zero-order chi connectivity index (χ0) is 39.4. The summed E-state index contributed by atoms with van der Waals surface area (Å²) in [4.78, 5) is 53.5. The number of nitrogens with zero attached hydrogens (tertiary/aromatic N) is 4. The first-order valence-corrected chi connectivity index (χ1v) is 17.8. The molecule has 4 rings (SSSR count). The van der Waals surface area contributed by atoms with Gasteiger partial charge < -0.3 is 37.1 Å². The lowest BCUT2D eigenvalue weighted by molar-refractivity contribution is -0.118. The Hall–Kier alpha value is -4.69. The summed E-state index contributed by atoms with van der Waals surface area (Å²) < 4.78 is 19.8. The monoisotopic (exact) mass is 763 g/mol. The van der Waals surface area contributed by atoms with Crippen LogP contribution in [0.5, 0.6) is 0 Å². The van der Waals surface area contributed by atoms with Gasteiger partial charge in [-0.1, -0.05) is 69.6 Å². The van der Waals surface area contributed by atoms with E-state index in [1.54, 1.807) is 45.0 Å². The van der Waals surface area contributed by atoms with Gasteiger partial charge in [0.1, 0.15) is 23.4 Å². The summed E-state index contributed by atoms with van der Waals surface area (Å²) in [5.41, 5.74) is 11.0. The molecule has 0 spiro atoms. The number of amides is 3. The van der Waals surface area contributed by atoms with Gasteiger partial charge in [0.2, 0.25) is 11.8 Å². The predicted molar refractivity (Wildman–Crippen MR) is 207 cm³/mol. The molecule has 7 N–H and O–H groups in total. The molecule has 2 unspecified atom stereocenters. The Morgan fingerprint density at radius 2 is 1.56 bits per heavy atom. The van der Waals surface area contributed by atoms with Gasteiger partial charge in [0, 0.05) is 31.1 Å². The number of aromatic nitrogens is 3. The van der Waals surface area contributed by atoms with E-state index in [9.17, 15) is 18.8 Å². The second kappa shape index (κ2) is 23.0. The minimum Gasteiger partial charge on any atom is -0.444 e. The molecule has 0 bridgehead atoms. The Balaban J connectivity index is 0.00000155. The number of anilines is 4. The molecule has 1 aliphatic rings. The van der Waals surface area contributed by atoms with Crippen LogP contribution >= 0.6 is 23.2 Å². The lowest BCUT2D eigenvalue weighted by Gasteiger charge is -2.42. The van der Waals surface area contributed by atoms with E-state index < -0.39 is 35.5 Å². The molecule has 286 valence electrons. The number of ether oxygens (including phenoxy) is 1. The Morgan fingerprint density at radius 1 is 0.981 bits per heavy atom. The quantitative estimate of drug-likeness (QED) is 0.0809. The van der Waals surface area contributed by atoms with Crippen LogP contribution in [0, 0.1) is 5.82 Å². The fraction of sp³-hybridized carbons (Fsp3) is 0.444. The summed E-state index contributed by atoms with van der Waals surface area (Å²) in [6.07, 6.45) is 3.67. The molecule has 16 heteroatoms. The third-order valence-corrected chi connectivity index (χ3v) is 7.15. The molecule has 3 heterocycles. The third-order valence-electron chi connectivity index (χ3n) is 6.87. The number of nitrogens with one attached hydrogen (secondary N) is 3. The number of nitrogen functional groups attached to an aromatic ring is 1. The largest absolute Gasteiger partial charge is 0.444 e. The van der Waals surface area contributed by atoms with E-state index in [-0.39, 0.29) is 52.8 Å². The average molecular weight is 765 g/mol. The second-order valence-electron chi connectivity index (χ2n) is 11.8. The fourth-order valence-electron chi connectivity index (χ4n) is 4.93. The SMILES string of the molecule is C=C(N)Cl.CC.CC.CC(C)(C)OC(=O)N1C(CC(=O)Nc2ccccc2N)CCCC1CC(=O)Nc1c(Cl)ncnc1NCc1ncccc1F. The van der Waals surface area contributed by atoms with Crippen LogP contribution < -0.4 is 27.4 Å². The van der Waals surface area contributed by atoms with Crippen molar-refractivity contribution in [2.75, 3.05) is 21.7 Å². The Bertz CT molecular complexity index is 1600. The lowest BCUT2D eigenvalue weighted by Crippen LogP contribution is -2.53. The molecule has 1 aromatic carbocycles. The van der Waals surface area contributed by atoms with E-state index in [1.165, 1.54) is 29.6 Å². The number of benzene rings is 1. The van der Waals surface area contributed by atoms with Crippen LogP contribution in [0.1, 0.15) is 86.3 Å². The maximum Gasteiger partial charge on any atom is 0.410 e. The molecule has 0 radical (unpaired) electrons. The van der Waals surface area contributed by atoms with Gasteiger partial charge in [0.15, 0.2) is 11.0 Å². The fourth-order valence-corrected chi connectivity index (χ4v) is 5.11. The van der Waals surface area contributed by atoms with Gasteiger partial charge in [-0.25, -0.2) is 19.2 Å².